The van der Waals surface area contributed by atoms with E-state index in [1.807, 2.05) is 20.8 Å². The summed E-state index contributed by atoms with van der Waals surface area (Å²) in [4.78, 5) is 8.50. The number of nitrogens with zero attached hydrogens (tertiary/aromatic N) is 2. The van der Waals surface area contributed by atoms with Crippen molar-refractivity contribution >= 4 is 5.82 Å². The van der Waals surface area contributed by atoms with E-state index in [1.165, 1.54) is 6.33 Å². The van der Waals surface area contributed by atoms with Gasteiger partial charge in [0.15, 0.2) is 0 Å². The minimum atomic E-state index is 0.218. The van der Waals surface area contributed by atoms with Crippen molar-refractivity contribution in [2.45, 2.75) is 46.6 Å². The second-order valence-electron chi connectivity index (χ2n) is 4.89. The standard InChI is InChI=1S/C14H25N3O2/c1-6-15-13-12(10(2)3)14(17-9-16-13)19-8-7-18-11(4)5/h9-11H,6-8H2,1-5H3,(H,15,16,17). The van der Waals surface area contributed by atoms with E-state index < -0.39 is 0 Å². The van der Waals surface area contributed by atoms with Crippen LogP contribution >= 0.6 is 0 Å². The van der Waals surface area contributed by atoms with Crippen LogP contribution in [0.25, 0.3) is 0 Å². The van der Waals surface area contributed by atoms with Crippen molar-refractivity contribution in [3.05, 3.63) is 11.9 Å². The molecule has 108 valence electrons. The maximum atomic E-state index is 5.72. The molecule has 1 aromatic heterocycles. The van der Waals surface area contributed by atoms with Gasteiger partial charge in [0.2, 0.25) is 5.88 Å². The first kappa shape index (κ1) is 15.7. The molecule has 0 radical (unpaired) electrons. The minimum Gasteiger partial charge on any atom is -0.475 e. The molecule has 0 amide bonds. The molecular weight excluding hydrogens is 242 g/mol. The average Bonchev–Trinajstić information content (AvgIpc) is 2.34. The SMILES string of the molecule is CCNc1ncnc(OCCOC(C)C)c1C(C)C. The summed E-state index contributed by atoms with van der Waals surface area (Å²) < 4.78 is 11.2. The Morgan fingerprint density at radius 2 is 1.89 bits per heavy atom. The Balaban J connectivity index is 2.73. The van der Waals surface area contributed by atoms with Crippen molar-refractivity contribution in [1.82, 2.24) is 9.97 Å². The van der Waals surface area contributed by atoms with Crippen LogP contribution in [-0.2, 0) is 4.74 Å². The monoisotopic (exact) mass is 267 g/mol. The molecule has 0 atom stereocenters. The summed E-state index contributed by atoms with van der Waals surface area (Å²) in [5.41, 5.74) is 1.02. The summed E-state index contributed by atoms with van der Waals surface area (Å²) in [7, 11) is 0. The lowest BCUT2D eigenvalue weighted by Gasteiger charge is -2.17. The van der Waals surface area contributed by atoms with Gasteiger partial charge in [-0.15, -0.1) is 0 Å². The van der Waals surface area contributed by atoms with Gasteiger partial charge in [-0.05, 0) is 26.7 Å². The number of hydrogen-bond donors (Lipinski definition) is 1. The molecule has 1 heterocycles. The molecule has 1 N–H and O–H groups in total. The summed E-state index contributed by atoms with van der Waals surface area (Å²) in [6.45, 7) is 12.2. The molecule has 1 aromatic rings. The number of ether oxygens (including phenoxy) is 2. The zero-order valence-corrected chi connectivity index (χ0v) is 12.6. The Morgan fingerprint density at radius 1 is 1.16 bits per heavy atom. The van der Waals surface area contributed by atoms with E-state index in [9.17, 15) is 0 Å². The summed E-state index contributed by atoms with van der Waals surface area (Å²) in [6.07, 6.45) is 1.75. The first-order valence-corrected chi connectivity index (χ1v) is 6.89. The van der Waals surface area contributed by atoms with E-state index in [2.05, 4.69) is 29.1 Å². The van der Waals surface area contributed by atoms with Gasteiger partial charge in [-0.25, -0.2) is 9.97 Å². The van der Waals surface area contributed by atoms with Crippen molar-refractivity contribution in [3.63, 3.8) is 0 Å². The van der Waals surface area contributed by atoms with Crippen molar-refractivity contribution in [2.75, 3.05) is 25.1 Å². The Labute approximate surface area is 115 Å². The van der Waals surface area contributed by atoms with Gasteiger partial charge in [0.1, 0.15) is 18.8 Å². The van der Waals surface area contributed by atoms with Crippen LogP contribution in [0.4, 0.5) is 5.82 Å². The smallest absolute Gasteiger partial charge is 0.222 e. The zero-order chi connectivity index (χ0) is 14.3. The fourth-order valence-electron chi connectivity index (χ4n) is 1.75. The highest BCUT2D eigenvalue weighted by atomic mass is 16.5. The van der Waals surface area contributed by atoms with E-state index in [1.54, 1.807) is 0 Å². The Morgan fingerprint density at radius 3 is 2.47 bits per heavy atom. The highest BCUT2D eigenvalue weighted by Gasteiger charge is 2.15. The molecule has 0 spiro atoms. The van der Waals surface area contributed by atoms with Crippen LogP contribution in [0.3, 0.4) is 0 Å². The Bertz CT molecular complexity index is 381. The van der Waals surface area contributed by atoms with Crippen LogP contribution in [0.2, 0.25) is 0 Å². The number of nitrogens with one attached hydrogen (secondary N) is 1. The zero-order valence-electron chi connectivity index (χ0n) is 12.6. The Kier molecular flexibility index (Phi) is 6.56. The van der Waals surface area contributed by atoms with Gasteiger partial charge in [-0.2, -0.15) is 0 Å². The highest BCUT2D eigenvalue weighted by Crippen LogP contribution is 2.29. The predicted molar refractivity (Wildman–Crippen MR) is 76.9 cm³/mol. The van der Waals surface area contributed by atoms with Crippen molar-refractivity contribution in [1.29, 1.82) is 0 Å². The normalized spacial score (nSPS) is 11.1. The van der Waals surface area contributed by atoms with Gasteiger partial charge < -0.3 is 14.8 Å². The lowest BCUT2D eigenvalue weighted by Crippen LogP contribution is -2.14. The van der Waals surface area contributed by atoms with Crippen molar-refractivity contribution in [2.24, 2.45) is 0 Å². The van der Waals surface area contributed by atoms with Crippen LogP contribution < -0.4 is 10.1 Å². The summed E-state index contributed by atoms with van der Waals surface area (Å²) >= 11 is 0. The average molecular weight is 267 g/mol. The van der Waals surface area contributed by atoms with E-state index >= 15 is 0 Å². The molecule has 0 aliphatic rings. The van der Waals surface area contributed by atoms with Crippen LogP contribution in [0.5, 0.6) is 5.88 Å². The molecule has 19 heavy (non-hydrogen) atoms. The second-order valence-corrected chi connectivity index (χ2v) is 4.89. The van der Waals surface area contributed by atoms with E-state index in [0.717, 1.165) is 17.9 Å². The van der Waals surface area contributed by atoms with Gasteiger partial charge in [0, 0.05) is 6.54 Å². The summed E-state index contributed by atoms with van der Waals surface area (Å²) in [5, 5.41) is 3.24. The number of rotatable bonds is 8. The molecule has 0 aromatic carbocycles. The van der Waals surface area contributed by atoms with E-state index in [4.69, 9.17) is 9.47 Å². The molecule has 0 fully saturated rings. The van der Waals surface area contributed by atoms with Crippen LogP contribution in [0.1, 0.15) is 46.1 Å². The maximum absolute atomic E-state index is 5.72. The van der Waals surface area contributed by atoms with E-state index in [-0.39, 0.29) is 6.10 Å². The first-order chi connectivity index (χ1) is 9.06. The predicted octanol–water partition coefficient (Wildman–Crippen LogP) is 2.84. The molecule has 5 nitrogen and oxygen atoms in total. The Hall–Kier alpha value is -1.36. The minimum absolute atomic E-state index is 0.218. The largest absolute Gasteiger partial charge is 0.475 e. The van der Waals surface area contributed by atoms with Crippen molar-refractivity contribution in [3.8, 4) is 5.88 Å². The molecule has 0 aliphatic heterocycles. The third kappa shape index (κ3) is 5.03. The maximum Gasteiger partial charge on any atom is 0.222 e. The van der Waals surface area contributed by atoms with Crippen LogP contribution in [-0.4, -0.2) is 35.8 Å². The summed E-state index contributed by atoms with van der Waals surface area (Å²) in [6, 6.07) is 0. The van der Waals surface area contributed by atoms with Gasteiger partial charge in [-0.3, -0.25) is 0 Å². The quantitative estimate of drug-likeness (QED) is 0.734. The van der Waals surface area contributed by atoms with Crippen LogP contribution in [0, 0.1) is 0 Å². The van der Waals surface area contributed by atoms with Gasteiger partial charge in [0.05, 0.1) is 18.3 Å². The fourth-order valence-corrected chi connectivity index (χ4v) is 1.75. The number of anilines is 1. The molecule has 1 rings (SSSR count). The van der Waals surface area contributed by atoms with E-state index in [0.29, 0.717) is 25.0 Å². The van der Waals surface area contributed by atoms with Crippen molar-refractivity contribution < 1.29 is 9.47 Å². The lowest BCUT2D eigenvalue weighted by atomic mass is 10.1. The molecule has 0 aliphatic carbocycles. The van der Waals surface area contributed by atoms with Gasteiger partial charge in [0.25, 0.3) is 0 Å². The molecule has 0 unspecified atom stereocenters. The second kappa shape index (κ2) is 7.94. The lowest BCUT2D eigenvalue weighted by molar-refractivity contribution is 0.0539. The van der Waals surface area contributed by atoms with Crippen LogP contribution in [0.15, 0.2) is 6.33 Å². The molecular formula is C14H25N3O2. The first-order valence-electron chi connectivity index (χ1n) is 6.89. The molecule has 5 heteroatoms. The number of hydrogen-bond acceptors (Lipinski definition) is 5. The number of aromatic nitrogens is 2. The summed E-state index contributed by atoms with van der Waals surface area (Å²) in [5.74, 6) is 1.80. The van der Waals surface area contributed by atoms with Gasteiger partial charge in [-0.1, -0.05) is 13.8 Å². The molecule has 0 saturated heterocycles. The highest BCUT2D eigenvalue weighted by molar-refractivity contribution is 5.50. The third-order valence-electron chi connectivity index (χ3n) is 2.54. The fraction of sp³-hybridized carbons (Fsp3) is 0.714. The molecule has 0 saturated carbocycles. The third-order valence-corrected chi connectivity index (χ3v) is 2.54. The topological polar surface area (TPSA) is 56.3 Å². The molecule has 0 bridgehead atoms. The van der Waals surface area contributed by atoms with Gasteiger partial charge >= 0.3 is 0 Å².